The van der Waals surface area contributed by atoms with E-state index in [1.807, 2.05) is 55.5 Å². The topological polar surface area (TPSA) is 85.2 Å². The Kier molecular flexibility index (Phi) is 3.65. The lowest BCUT2D eigenvalue weighted by Crippen LogP contribution is -2.26. The number of hydrogen-bond donors (Lipinski definition) is 3. The van der Waals surface area contributed by atoms with Gasteiger partial charge in [-0.2, -0.15) is 0 Å². The number of aliphatic hydroxyl groups excluding tert-OH is 1. The van der Waals surface area contributed by atoms with Crippen LogP contribution in [0.4, 0.5) is 5.69 Å². The number of anilines is 1. The molecule has 0 bridgehead atoms. The van der Waals surface area contributed by atoms with Crippen LogP contribution in [0.25, 0.3) is 16.6 Å². The lowest BCUT2D eigenvalue weighted by Gasteiger charge is -2.21. The number of aliphatic hydroxyl groups is 1. The van der Waals surface area contributed by atoms with Gasteiger partial charge >= 0.3 is 0 Å². The molecule has 0 fully saturated rings. The van der Waals surface area contributed by atoms with Crippen LogP contribution in [0.5, 0.6) is 5.75 Å². The molecule has 0 amide bonds. The maximum absolute atomic E-state index is 10.5. The zero-order valence-electron chi connectivity index (χ0n) is 13.8. The van der Waals surface area contributed by atoms with Crippen molar-refractivity contribution in [2.75, 3.05) is 18.1 Å². The third-order valence-corrected chi connectivity index (χ3v) is 4.19. The van der Waals surface area contributed by atoms with Crippen LogP contribution < -0.4 is 9.64 Å². The summed E-state index contributed by atoms with van der Waals surface area (Å²) in [5.74, 6) is 1.51. The fraction of sp³-hybridized carbons (Fsp3) is 0.158. The SMILES string of the molecule is CCOc1ccccc1N1CC(O)=C(c2nc3ccccc3[nH]2)C1=N. The van der Waals surface area contributed by atoms with E-state index in [4.69, 9.17) is 10.1 Å². The molecule has 0 aliphatic carbocycles. The fourth-order valence-electron chi connectivity index (χ4n) is 3.06. The molecule has 126 valence electrons. The molecule has 0 unspecified atom stereocenters. The summed E-state index contributed by atoms with van der Waals surface area (Å²) in [6, 6.07) is 15.2. The molecular weight excluding hydrogens is 316 g/mol. The van der Waals surface area contributed by atoms with Crippen LogP contribution >= 0.6 is 0 Å². The smallest absolute Gasteiger partial charge is 0.145 e. The van der Waals surface area contributed by atoms with Gasteiger partial charge < -0.3 is 19.7 Å². The van der Waals surface area contributed by atoms with Gasteiger partial charge in [-0.25, -0.2) is 4.98 Å². The van der Waals surface area contributed by atoms with Crippen molar-refractivity contribution in [2.45, 2.75) is 6.92 Å². The van der Waals surface area contributed by atoms with Gasteiger partial charge in [0.05, 0.1) is 35.4 Å². The summed E-state index contributed by atoms with van der Waals surface area (Å²) in [4.78, 5) is 9.42. The van der Waals surface area contributed by atoms with Crippen molar-refractivity contribution < 1.29 is 9.84 Å². The van der Waals surface area contributed by atoms with Crippen molar-refractivity contribution in [1.29, 1.82) is 5.41 Å². The summed E-state index contributed by atoms with van der Waals surface area (Å²) in [6.07, 6.45) is 0. The number of nitrogens with one attached hydrogen (secondary N) is 2. The number of amidine groups is 1. The van der Waals surface area contributed by atoms with Crippen molar-refractivity contribution in [3.05, 3.63) is 60.1 Å². The van der Waals surface area contributed by atoms with E-state index in [1.54, 1.807) is 4.90 Å². The van der Waals surface area contributed by atoms with Crippen LogP contribution in [0.15, 0.2) is 54.3 Å². The second-order valence-electron chi connectivity index (χ2n) is 5.76. The number of fused-ring (bicyclic) bond motifs is 1. The van der Waals surface area contributed by atoms with Crippen LogP contribution in [0.2, 0.25) is 0 Å². The van der Waals surface area contributed by atoms with Crippen molar-refractivity contribution in [3.8, 4) is 5.75 Å². The minimum atomic E-state index is 0.121. The number of para-hydroxylation sites is 4. The van der Waals surface area contributed by atoms with Crippen molar-refractivity contribution in [1.82, 2.24) is 9.97 Å². The van der Waals surface area contributed by atoms with Crippen molar-refractivity contribution in [2.24, 2.45) is 0 Å². The molecule has 0 saturated carbocycles. The molecule has 0 radical (unpaired) electrons. The Bertz CT molecular complexity index is 957. The minimum Gasteiger partial charge on any atom is -0.509 e. The number of aromatic nitrogens is 2. The van der Waals surface area contributed by atoms with Gasteiger partial charge in [-0.15, -0.1) is 0 Å². The second kappa shape index (κ2) is 5.98. The first kappa shape index (κ1) is 15.3. The molecule has 2 heterocycles. The molecule has 3 N–H and O–H groups in total. The Morgan fingerprint density at radius 3 is 2.76 bits per heavy atom. The van der Waals surface area contributed by atoms with Gasteiger partial charge in [0.1, 0.15) is 23.2 Å². The number of rotatable bonds is 4. The fourth-order valence-corrected chi connectivity index (χ4v) is 3.06. The lowest BCUT2D eigenvalue weighted by atomic mass is 10.2. The maximum Gasteiger partial charge on any atom is 0.145 e. The summed E-state index contributed by atoms with van der Waals surface area (Å²) >= 11 is 0. The van der Waals surface area contributed by atoms with Crippen LogP contribution in [0.3, 0.4) is 0 Å². The summed E-state index contributed by atoms with van der Waals surface area (Å²) in [5, 5.41) is 19.1. The highest BCUT2D eigenvalue weighted by atomic mass is 16.5. The van der Waals surface area contributed by atoms with E-state index in [9.17, 15) is 5.11 Å². The van der Waals surface area contributed by atoms with E-state index in [-0.39, 0.29) is 18.1 Å². The zero-order valence-corrected chi connectivity index (χ0v) is 13.8. The van der Waals surface area contributed by atoms with E-state index < -0.39 is 0 Å². The highest BCUT2D eigenvalue weighted by Crippen LogP contribution is 2.35. The molecule has 2 aromatic carbocycles. The molecule has 1 aliphatic rings. The standard InChI is InChI=1S/C19H18N4O2/c1-2-25-16-10-6-5-9-14(16)23-11-15(24)17(18(23)20)19-21-12-7-3-4-8-13(12)22-19/h3-10,20,24H,2,11H2,1H3,(H,21,22). The zero-order chi connectivity index (χ0) is 17.4. The molecule has 6 heteroatoms. The molecule has 0 spiro atoms. The Hall–Kier alpha value is -3.28. The van der Waals surface area contributed by atoms with Gasteiger partial charge in [-0.3, -0.25) is 5.41 Å². The van der Waals surface area contributed by atoms with E-state index >= 15 is 0 Å². The molecular formula is C19H18N4O2. The Morgan fingerprint density at radius 2 is 1.96 bits per heavy atom. The van der Waals surface area contributed by atoms with Crippen LogP contribution in [0.1, 0.15) is 12.7 Å². The third-order valence-electron chi connectivity index (χ3n) is 4.19. The number of imidazole rings is 1. The quantitative estimate of drug-likeness (QED) is 0.679. The Balaban J connectivity index is 1.72. The van der Waals surface area contributed by atoms with E-state index in [1.165, 1.54) is 0 Å². The number of hydrogen-bond acceptors (Lipinski definition) is 4. The average Bonchev–Trinajstić information content (AvgIpc) is 3.16. The molecule has 0 atom stereocenters. The monoisotopic (exact) mass is 334 g/mol. The Morgan fingerprint density at radius 1 is 1.20 bits per heavy atom. The largest absolute Gasteiger partial charge is 0.509 e. The maximum atomic E-state index is 10.5. The molecule has 1 aromatic heterocycles. The number of ether oxygens (including phenoxy) is 1. The van der Waals surface area contributed by atoms with Gasteiger partial charge in [-0.05, 0) is 31.2 Å². The first-order valence-corrected chi connectivity index (χ1v) is 8.14. The number of aromatic amines is 1. The van der Waals surface area contributed by atoms with Crippen molar-refractivity contribution >= 4 is 28.1 Å². The molecule has 4 rings (SSSR count). The van der Waals surface area contributed by atoms with E-state index in [2.05, 4.69) is 9.97 Å². The Labute approximate surface area is 144 Å². The predicted molar refractivity (Wildman–Crippen MR) is 98.3 cm³/mol. The number of H-pyrrole nitrogens is 1. The summed E-state index contributed by atoms with van der Waals surface area (Å²) in [5.41, 5.74) is 2.85. The van der Waals surface area contributed by atoms with Crippen LogP contribution in [-0.4, -0.2) is 34.1 Å². The van der Waals surface area contributed by atoms with Gasteiger partial charge in [0.2, 0.25) is 0 Å². The second-order valence-corrected chi connectivity index (χ2v) is 5.76. The van der Waals surface area contributed by atoms with Crippen LogP contribution in [0, 0.1) is 5.41 Å². The summed E-state index contributed by atoms with van der Waals surface area (Å²) in [6.45, 7) is 2.67. The van der Waals surface area contributed by atoms with Gasteiger partial charge in [0.25, 0.3) is 0 Å². The molecule has 25 heavy (non-hydrogen) atoms. The average molecular weight is 334 g/mol. The molecule has 6 nitrogen and oxygen atoms in total. The van der Waals surface area contributed by atoms with E-state index in [0.717, 1.165) is 16.7 Å². The lowest BCUT2D eigenvalue weighted by molar-refractivity contribution is 0.341. The third kappa shape index (κ3) is 2.52. The van der Waals surface area contributed by atoms with Gasteiger partial charge in [0, 0.05) is 0 Å². The first-order chi connectivity index (χ1) is 12.2. The highest BCUT2D eigenvalue weighted by Gasteiger charge is 2.32. The van der Waals surface area contributed by atoms with Crippen molar-refractivity contribution in [3.63, 3.8) is 0 Å². The molecule has 3 aromatic rings. The van der Waals surface area contributed by atoms with Gasteiger partial charge in [0.15, 0.2) is 0 Å². The van der Waals surface area contributed by atoms with E-state index in [0.29, 0.717) is 23.8 Å². The normalized spacial score (nSPS) is 14.6. The van der Waals surface area contributed by atoms with Gasteiger partial charge in [-0.1, -0.05) is 24.3 Å². The highest BCUT2D eigenvalue weighted by molar-refractivity contribution is 6.30. The first-order valence-electron chi connectivity index (χ1n) is 8.14. The number of benzene rings is 2. The molecule has 0 saturated heterocycles. The predicted octanol–water partition coefficient (Wildman–Crippen LogP) is 3.73. The number of nitrogens with zero attached hydrogens (tertiary/aromatic N) is 2. The minimum absolute atomic E-state index is 0.121. The molecule has 1 aliphatic heterocycles. The summed E-state index contributed by atoms with van der Waals surface area (Å²) in [7, 11) is 0. The summed E-state index contributed by atoms with van der Waals surface area (Å²) < 4.78 is 5.66. The van der Waals surface area contributed by atoms with Crippen LogP contribution in [-0.2, 0) is 0 Å².